The van der Waals surface area contributed by atoms with Crippen LogP contribution in [0.4, 0.5) is 0 Å². The highest BCUT2D eigenvalue weighted by Gasteiger charge is 2.11. The summed E-state index contributed by atoms with van der Waals surface area (Å²) in [7, 11) is 0. The second kappa shape index (κ2) is 7.66. The van der Waals surface area contributed by atoms with E-state index in [4.69, 9.17) is 9.51 Å². The molecule has 0 unspecified atom stereocenters. The second-order valence-electron chi connectivity index (χ2n) is 6.27. The van der Waals surface area contributed by atoms with Gasteiger partial charge in [-0.25, -0.2) is 4.98 Å². The van der Waals surface area contributed by atoms with Crippen molar-refractivity contribution >= 4 is 11.8 Å². The monoisotopic (exact) mass is 342 g/mol. The number of nitrogens with zero attached hydrogens (tertiary/aromatic N) is 3. The van der Waals surface area contributed by atoms with Gasteiger partial charge in [0.15, 0.2) is 11.0 Å². The second-order valence-corrected chi connectivity index (χ2v) is 7.23. The third-order valence-corrected chi connectivity index (χ3v) is 4.48. The smallest absolute Gasteiger partial charge is 0.226 e. The lowest BCUT2D eigenvalue weighted by Gasteiger charge is -1.98. The Morgan fingerprint density at radius 2 is 1.96 bits per heavy atom. The van der Waals surface area contributed by atoms with Crippen LogP contribution in [0.5, 0.6) is 0 Å². The summed E-state index contributed by atoms with van der Waals surface area (Å²) in [4.78, 5) is 12.5. The number of benzene rings is 1. The zero-order valence-electron chi connectivity index (χ0n) is 14.2. The van der Waals surface area contributed by atoms with Crippen molar-refractivity contribution in [2.24, 2.45) is 5.92 Å². The number of imidazole rings is 1. The van der Waals surface area contributed by atoms with Crippen molar-refractivity contribution in [3.63, 3.8) is 0 Å². The predicted molar refractivity (Wildman–Crippen MR) is 95.0 cm³/mol. The molecular formula is C18H22N4OS. The van der Waals surface area contributed by atoms with E-state index in [1.807, 2.05) is 6.07 Å². The van der Waals surface area contributed by atoms with E-state index in [2.05, 4.69) is 60.2 Å². The molecule has 3 rings (SSSR count). The number of aromatic nitrogens is 4. The maximum atomic E-state index is 5.27. The van der Waals surface area contributed by atoms with Gasteiger partial charge in [0.1, 0.15) is 0 Å². The summed E-state index contributed by atoms with van der Waals surface area (Å²) >= 11 is 1.60. The van der Waals surface area contributed by atoms with Gasteiger partial charge in [0, 0.05) is 18.5 Å². The highest BCUT2D eigenvalue weighted by molar-refractivity contribution is 7.98. The largest absolute Gasteiger partial charge is 0.339 e. The molecule has 0 radical (unpaired) electrons. The molecule has 24 heavy (non-hydrogen) atoms. The van der Waals surface area contributed by atoms with E-state index in [0.717, 1.165) is 29.4 Å². The van der Waals surface area contributed by atoms with Crippen molar-refractivity contribution < 1.29 is 4.52 Å². The van der Waals surface area contributed by atoms with Crippen LogP contribution in [0.15, 0.2) is 40.0 Å². The highest BCUT2D eigenvalue weighted by atomic mass is 32.2. The van der Waals surface area contributed by atoms with Gasteiger partial charge in [-0.2, -0.15) is 4.98 Å². The maximum Gasteiger partial charge on any atom is 0.226 e. The first-order valence-electron chi connectivity index (χ1n) is 8.14. The molecule has 2 aromatic heterocycles. The third-order valence-electron chi connectivity index (χ3n) is 3.61. The van der Waals surface area contributed by atoms with Gasteiger partial charge < -0.3 is 9.51 Å². The van der Waals surface area contributed by atoms with Crippen LogP contribution in [0.3, 0.4) is 0 Å². The van der Waals surface area contributed by atoms with Gasteiger partial charge in [-0.05, 0) is 18.4 Å². The van der Waals surface area contributed by atoms with Crippen molar-refractivity contribution in [2.75, 3.05) is 0 Å². The molecule has 0 aliphatic rings. The van der Waals surface area contributed by atoms with Crippen molar-refractivity contribution in [3.05, 3.63) is 59.0 Å². The van der Waals surface area contributed by atoms with Gasteiger partial charge in [-0.15, -0.1) is 0 Å². The van der Waals surface area contributed by atoms with E-state index >= 15 is 0 Å². The topological polar surface area (TPSA) is 67.6 Å². The van der Waals surface area contributed by atoms with Gasteiger partial charge in [0.25, 0.3) is 0 Å². The summed E-state index contributed by atoms with van der Waals surface area (Å²) in [6.07, 6.45) is 1.66. The molecule has 0 fully saturated rings. The molecule has 0 aliphatic heterocycles. The number of nitrogens with one attached hydrogen (secondary N) is 1. The number of H-pyrrole nitrogens is 1. The SMILES string of the molecule is Cc1[nH]c(SCc2noc(CC(C)C)n2)nc1Cc1ccccc1. The Morgan fingerprint density at radius 3 is 2.71 bits per heavy atom. The first kappa shape index (κ1) is 16.8. The fourth-order valence-corrected chi connectivity index (χ4v) is 3.19. The summed E-state index contributed by atoms with van der Waals surface area (Å²) < 4.78 is 5.27. The maximum absolute atomic E-state index is 5.27. The lowest BCUT2D eigenvalue weighted by atomic mass is 10.1. The molecule has 2 heterocycles. The van der Waals surface area contributed by atoms with Gasteiger partial charge in [0.2, 0.25) is 5.89 Å². The number of aromatic amines is 1. The number of thioether (sulfide) groups is 1. The fraction of sp³-hybridized carbons (Fsp3) is 0.389. The van der Waals surface area contributed by atoms with Crippen LogP contribution in [0.25, 0.3) is 0 Å². The van der Waals surface area contributed by atoms with Crippen molar-refractivity contribution in [1.82, 2.24) is 20.1 Å². The van der Waals surface area contributed by atoms with Crippen LogP contribution in [-0.2, 0) is 18.6 Å². The zero-order valence-corrected chi connectivity index (χ0v) is 15.1. The Bertz CT molecular complexity index is 779. The molecule has 3 aromatic rings. The van der Waals surface area contributed by atoms with Crippen LogP contribution in [-0.4, -0.2) is 20.1 Å². The summed E-state index contributed by atoms with van der Waals surface area (Å²) in [5, 5.41) is 4.93. The highest BCUT2D eigenvalue weighted by Crippen LogP contribution is 2.22. The summed E-state index contributed by atoms with van der Waals surface area (Å²) in [6, 6.07) is 10.4. The molecule has 126 valence electrons. The zero-order chi connectivity index (χ0) is 16.9. The van der Waals surface area contributed by atoms with Gasteiger partial charge >= 0.3 is 0 Å². The number of rotatable bonds is 7. The molecule has 0 saturated carbocycles. The molecule has 0 aliphatic carbocycles. The number of hydrogen-bond acceptors (Lipinski definition) is 5. The van der Waals surface area contributed by atoms with Crippen LogP contribution >= 0.6 is 11.8 Å². The first-order chi connectivity index (χ1) is 11.6. The minimum absolute atomic E-state index is 0.513. The minimum Gasteiger partial charge on any atom is -0.339 e. The Kier molecular flexibility index (Phi) is 5.35. The Hall–Kier alpha value is -2.08. The molecule has 6 heteroatoms. The Labute approximate surface area is 146 Å². The average molecular weight is 342 g/mol. The molecule has 0 amide bonds. The summed E-state index contributed by atoms with van der Waals surface area (Å²) in [6.45, 7) is 6.33. The van der Waals surface area contributed by atoms with Crippen molar-refractivity contribution in [1.29, 1.82) is 0 Å². The lowest BCUT2D eigenvalue weighted by Crippen LogP contribution is -1.94. The molecule has 0 bridgehead atoms. The Morgan fingerprint density at radius 1 is 1.17 bits per heavy atom. The standard InChI is InChI=1S/C18H22N4OS/c1-12(2)9-17-21-16(22-23-17)11-24-18-19-13(3)15(20-18)10-14-7-5-4-6-8-14/h4-8,12H,9-11H2,1-3H3,(H,19,20). The van der Waals surface area contributed by atoms with Gasteiger partial charge in [-0.1, -0.05) is 61.1 Å². The van der Waals surface area contributed by atoms with Crippen LogP contribution in [0.1, 0.15) is 42.5 Å². The predicted octanol–water partition coefficient (Wildman–Crippen LogP) is 4.18. The van der Waals surface area contributed by atoms with Crippen molar-refractivity contribution in [3.8, 4) is 0 Å². The van der Waals surface area contributed by atoms with Gasteiger partial charge in [-0.3, -0.25) is 0 Å². The van der Waals surface area contributed by atoms with Crippen LogP contribution in [0, 0.1) is 12.8 Å². The van der Waals surface area contributed by atoms with E-state index in [1.165, 1.54) is 5.56 Å². The quantitative estimate of drug-likeness (QED) is 0.652. The average Bonchev–Trinajstić information content (AvgIpc) is 3.13. The first-order valence-corrected chi connectivity index (χ1v) is 9.12. The third kappa shape index (κ3) is 4.47. The normalized spacial score (nSPS) is 11.3. The summed E-state index contributed by atoms with van der Waals surface area (Å²) in [5.74, 6) is 2.59. The molecule has 0 atom stereocenters. The molecule has 5 nitrogen and oxygen atoms in total. The fourth-order valence-electron chi connectivity index (χ4n) is 2.41. The van der Waals surface area contributed by atoms with Gasteiger partial charge in [0.05, 0.1) is 11.4 Å². The van der Waals surface area contributed by atoms with Crippen LogP contribution < -0.4 is 0 Å². The number of aryl methyl sites for hydroxylation is 1. The Balaban J connectivity index is 1.60. The molecule has 1 N–H and O–H groups in total. The number of hydrogen-bond donors (Lipinski definition) is 1. The van der Waals surface area contributed by atoms with E-state index in [0.29, 0.717) is 23.4 Å². The van der Waals surface area contributed by atoms with Crippen LogP contribution in [0.2, 0.25) is 0 Å². The summed E-state index contributed by atoms with van der Waals surface area (Å²) in [5.41, 5.74) is 3.45. The van der Waals surface area contributed by atoms with E-state index in [-0.39, 0.29) is 0 Å². The van der Waals surface area contributed by atoms with E-state index in [1.54, 1.807) is 11.8 Å². The molecule has 0 spiro atoms. The minimum atomic E-state index is 0.513. The van der Waals surface area contributed by atoms with E-state index < -0.39 is 0 Å². The molecular weight excluding hydrogens is 320 g/mol. The van der Waals surface area contributed by atoms with Crippen molar-refractivity contribution in [2.45, 2.75) is 44.5 Å². The lowest BCUT2D eigenvalue weighted by molar-refractivity contribution is 0.360. The van der Waals surface area contributed by atoms with E-state index in [9.17, 15) is 0 Å². The molecule has 1 aromatic carbocycles. The molecule has 0 saturated heterocycles.